The van der Waals surface area contributed by atoms with Gasteiger partial charge in [0.2, 0.25) is 17.7 Å². The second-order valence-corrected chi connectivity index (χ2v) is 4.31. The van der Waals surface area contributed by atoms with Crippen LogP contribution < -0.4 is 21.1 Å². The molecule has 2 heterocycles. The topological polar surface area (TPSA) is 107 Å². The number of amides is 1. The van der Waals surface area contributed by atoms with Gasteiger partial charge in [0.25, 0.3) is 0 Å². The van der Waals surface area contributed by atoms with Gasteiger partial charge in [-0.05, 0) is 12.8 Å². The zero-order valence-electron chi connectivity index (χ0n) is 10.3. The summed E-state index contributed by atoms with van der Waals surface area (Å²) in [6.45, 7) is 1.39. The third-order valence-corrected chi connectivity index (χ3v) is 3.06. The Morgan fingerprint density at radius 2 is 2.33 bits per heavy atom. The van der Waals surface area contributed by atoms with Crippen molar-refractivity contribution >= 4 is 17.7 Å². The van der Waals surface area contributed by atoms with Gasteiger partial charge in [0.1, 0.15) is 5.82 Å². The summed E-state index contributed by atoms with van der Waals surface area (Å²) in [6.07, 6.45) is 1.73. The van der Waals surface area contributed by atoms with Gasteiger partial charge in [0.15, 0.2) is 0 Å². The first-order valence-electron chi connectivity index (χ1n) is 5.83. The predicted molar refractivity (Wildman–Crippen MR) is 67.1 cm³/mol. The molecule has 98 valence electrons. The molecule has 0 aliphatic carbocycles. The number of ether oxygens (including phenoxy) is 1. The molecule has 7 nitrogen and oxygen atoms in total. The molecule has 0 saturated carbocycles. The molecule has 1 aliphatic heterocycles. The number of nitrogens with two attached hydrogens (primary N) is 2. The number of carbonyl (C=O) groups is 1. The van der Waals surface area contributed by atoms with Crippen molar-refractivity contribution in [2.45, 2.75) is 12.8 Å². The van der Waals surface area contributed by atoms with Crippen LogP contribution in [0.15, 0.2) is 6.07 Å². The monoisotopic (exact) mass is 251 g/mol. The van der Waals surface area contributed by atoms with E-state index in [4.69, 9.17) is 16.2 Å². The molecule has 1 unspecified atom stereocenters. The van der Waals surface area contributed by atoms with Crippen LogP contribution in [0.3, 0.4) is 0 Å². The first kappa shape index (κ1) is 12.4. The van der Waals surface area contributed by atoms with Gasteiger partial charge in [-0.25, -0.2) is 0 Å². The molecule has 0 radical (unpaired) electrons. The van der Waals surface area contributed by atoms with Crippen LogP contribution in [-0.2, 0) is 4.79 Å². The Morgan fingerprint density at radius 3 is 3.00 bits per heavy atom. The van der Waals surface area contributed by atoms with E-state index in [1.807, 2.05) is 4.90 Å². The van der Waals surface area contributed by atoms with Crippen molar-refractivity contribution in [1.82, 2.24) is 9.97 Å². The molecular formula is C11H17N5O2. The smallest absolute Gasteiger partial charge is 0.225 e. The molecule has 1 aromatic heterocycles. The minimum absolute atomic E-state index is 0.138. The van der Waals surface area contributed by atoms with Crippen molar-refractivity contribution in [2.24, 2.45) is 11.7 Å². The zero-order valence-corrected chi connectivity index (χ0v) is 10.3. The molecule has 7 heteroatoms. The fraction of sp³-hybridized carbons (Fsp3) is 0.545. The van der Waals surface area contributed by atoms with Crippen molar-refractivity contribution in [3.8, 4) is 5.88 Å². The van der Waals surface area contributed by atoms with Crippen LogP contribution in [0.2, 0.25) is 0 Å². The Hall–Kier alpha value is -2.05. The number of hydrogen-bond acceptors (Lipinski definition) is 6. The van der Waals surface area contributed by atoms with Gasteiger partial charge in [0.05, 0.1) is 13.0 Å². The Kier molecular flexibility index (Phi) is 3.50. The number of hydrogen-bond donors (Lipinski definition) is 2. The van der Waals surface area contributed by atoms with Crippen LogP contribution in [0.5, 0.6) is 5.88 Å². The average molecular weight is 251 g/mol. The highest BCUT2D eigenvalue weighted by Gasteiger charge is 2.25. The van der Waals surface area contributed by atoms with E-state index in [9.17, 15) is 4.79 Å². The molecule has 1 saturated heterocycles. The van der Waals surface area contributed by atoms with Crippen LogP contribution in [0.4, 0.5) is 11.8 Å². The molecule has 4 N–H and O–H groups in total. The molecule has 1 aliphatic rings. The maximum absolute atomic E-state index is 11.2. The highest BCUT2D eigenvalue weighted by atomic mass is 16.5. The molecule has 1 atom stereocenters. The molecule has 2 rings (SSSR count). The van der Waals surface area contributed by atoms with Crippen molar-refractivity contribution < 1.29 is 9.53 Å². The number of nitrogens with zero attached hydrogens (tertiary/aromatic N) is 3. The second kappa shape index (κ2) is 5.07. The normalized spacial score (nSPS) is 19.6. The molecule has 18 heavy (non-hydrogen) atoms. The Bertz CT molecular complexity index is 451. The predicted octanol–water partition coefficient (Wildman–Crippen LogP) is -0.231. The number of piperidine rings is 1. The molecule has 0 bridgehead atoms. The van der Waals surface area contributed by atoms with E-state index in [-0.39, 0.29) is 17.8 Å². The summed E-state index contributed by atoms with van der Waals surface area (Å²) in [4.78, 5) is 21.3. The van der Waals surface area contributed by atoms with E-state index in [1.165, 1.54) is 7.11 Å². The second-order valence-electron chi connectivity index (χ2n) is 4.31. The summed E-state index contributed by atoms with van der Waals surface area (Å²) < 4.78 is 5.05. The van der Waals surface area contributed by atoms with Crippen LogP contribution in [0, 0.1) is 5.92 Å². The maximum atomic E-state index is 11.2. The van der Waals surface area contributed by atoms with Crippen molar-refractivity contribution in [3.05, 3.63) is 6.07 Å². The maximum Gasteiger partial charge on any atom is 0.225 e. The van der Waals surface area contributed by atoms with E-state index in [1.54, 1.807) is 6.07 Å². The lowest BCUT2D eigenvalue weighted by atomic mass is 9.97. The third kappa shape index (κ3) is 2.61. The van der Waals surface area contributed by atoms with E-state index < -0.39 is 0 Å². The fourth-order valence-electron chi connectivity index (χ4n) is 2.11. The average Bonchev–Trinajstić information content (AvgIpc) is 2.38. The summed E-state index contributed by atoms with van der Waals surface area (Å²) in [5, 5.41) is 0. The van der Waals surface area contributed by atoms with Crippen molar-refractivity contribution in [2.75, 3.05) is 30.8 Å². The van der Waals surface area contributed by atoms with E-state index >= 15 is 0 Å². The molecule has 0 aromatic carbocycles. The Balaban J connectivity index is 2.20. The number of primary amides is 1. The number of anilines is 2. The number of rotatable bonds is 3. The Morgan fingerprint density at radius 1 is 1.56 bits per heavy atom. The number of methoxy groups -OCH3 is 1. The summed E-state index contributed by atoms with van der Waals surface area (Å²) >= 11 is 0. The molecule has 1 amide bonds. The summed E-state index contributed by atoms with van der Waals surface area (Å²) in [5.74, 6) is 0.837. The quantitative estimate of drug-likeness (QED) is 0.768. The number of carbonyl (C=O) groups excluding carboxylic acids is 1. The third-order valence-electron chi connectivity index (χ3n) is 3.06. The largest absolute Gasteiger partial charge is 0.481 e. The van der Waals surface area contributed by atoms with Gasteiger partial charge >= 0.3 is 0 Å². The molecule has 0 spiro atoms. The number of nitrogen functional groups attached to an aromatic ring is 1. The van der Waals surface area contributed by atoms with E-state index in [0.29, 0.717) is 18.2 Å². The molecule has 1 fully saturated rings. The van der Waals surface area contributed by atoms with Gasteiger partial charge in [-0.1, -0.05) is 0 Å². The zero-order chi connectivity index (χ0) is 13.1. The van der Waals surface area contributed by atoms with E-state index in [0.717, 1.165) is 19.4 Å². The minimum atomic E-state index is -0.270. The molecular weight excluding hydrogens is 234 g/mol. The van der Waals surface area contributed by atoms with Crippen molar-refractivity contribution in [1.29, 1.82) is 0 Å². The van der Waals surface area contributed by atoms with Crippen LogP contribution in [0.1, 0.15) is 12.8 Å². The first-order valence-corrected chi connectivity index (χ1v) is 5.83. The SMILES string of the molecule is COc1cc(N2CCCC(C(N)=O)C2)nc(N)n1. The first-order chi connectivity index (χ1) is 8.60. The lowest BCUT2D eigenvalue weighted by molar-refractivity contribution is -0.122. The minimum Gasteiger partial charge on any atom is -0.481 e. The van der Waals surface area contributed by atoms with Crippen LogP contribution in [0.25, 0.3) is 0 Å². The highest BCUT2D eigenvalue weighted by Crippen LogP contribution is 2.24. The Labute approximate surface area is 105 Å². The standard InChI is InChI=1S/C11H17N5O2/c1-18-9-5-8(14-11(13)15-9)16-4-2-3-7(6-16)10(12)17/h5,7H,2-4,6H2,1H3,(H2,12,17)(H2,13,14,15). The highest BCUT2D eigenvalue weighted by molar-refractivity contribution is 5.77. The van der Waals surface area contributed by atoms with Crippen LogP contribution in [-0.4, -0.2) is 36.1 Å². The summed E-state index contributed by atoms with van der Waals surface area (Å²) in [5.41, 5.74) is 11.0. The van der Waals surface area contributed by atoms with Gasteiger partial charge in [0, 0.05) is 19.2 Å². The lowest BCUT2D eigenvalue weighted by Crippen LogP contribution is -2.41. The van der Waals surface area contributed by atoms with Gasteiger partial charge in [-0.15, -0.1) is 0 Å². The van der Waals surface area contributed by atoms with E-state index in [2.05, 4.69) is 9.97 Å². The lowest BCUT2D eigenvalue weighted by Gasteiger charge is -2.32. The summed E-state index contributed by atoms with van der Waals surface area (Å²) in [7, 11) is 1.52. The fourth-order valence-corrected chi connectivity index (χ4v) is 2.11. The summed E-state index contributed by atoms with van der Waals surface area (Å²) in [6, 6.07) is 1.71. The van der Waals surface area contributed by atoms with Gasteiger partial charge < -0.3 is 21.1 Å². The van der Waals surface area contributed by atoms with Gasteiger partial charge in [-0.3, -0.25) is 4.79 Å². The van der Waals surface area contributed by atoms with Crippen LogP contribution >= 0.6 is 0 Å². The van der Waals surface area contributed by atoms with Gasteiger partial charge in [-0.2, -0.15) is 9.97 Å². The molecule has 1 aromatic rings. The number of aromatic nitrogens is 2. The van der Waals surface area contributed by atoms with Crippen molar-refractivity contribution in [3.63, 3.8) is 0 Å².